The first-order valence-corrected chi connectivity index (χ1v) is 6.51. The topological polar surface area (TPSA) is 90.0 Å². The van der Waals surface area contributed by atoms with Crippen molar-refractivity contribution in [2.24, 2.45) is 0 Å². The molecule has 1 aromatic rings. The standard InChI is InChI=1S/C14H19N3O4/c1-5-7-16-11(18)12(19)17(13(16)20)10-8-9(21-15-10)14(3,4)6-2/h5-6,8,11-12,18-19H,1-2,7H2,3-4H3. The van der Waals surface area contributed by atoms with E-state index >= 15 is 0 Å². The highest BCUT2D eigenvalue weighted by molar-refractivity contribution is 5.94. The summed E-state index contributed by atoms with van der Waals surface area (Å²) in [5, 5.41) is 23.7. The molecule has 21 heavy (non-hydrogen) atoms. The molecule has 7 heteroatoms. The Bertz CT molecular complexity index is 566. The molecule has 0 spiro atoms. The van der Waals surface area contributed by atoms with Gasteiger partial charge in [0, 0.05) is 18.0 Å². The van der Waals surface area contributed by atoms with Crippen molar-refractivity contribution in [2.45, 2.75) is 31.7 Å². The highest BCUT2D eigenvalue weighted by atomic mass is 16.5. The minimum atomic E-state index is -1.41. The normalized spacial score (nSPS) is 22.8. The number of allylic oxidation sites excluding steroid dienone is 1. The molecular weight excluding hydrogens is 274 g/mol. The third kappa shape index (κ3) is 2.45. The average Bonchev–Trinajstić information content (AvgIpc) is 3.00. The van der Waals surface area contributed by atoms with Gasteiger partial charge < -0.3 is 14.7 Å². The molecule has 2 rings (SSSR count). The summed E-state index contributed by atoms with van der Waals surface area (Å²) in [6.45, 7) is 11.1. The lowest BCUT2D eigenvalue weighted by Crippen LogP contribution is -2.37. The van der Waals surface area contributed by atoms with Crippen molar-refractivity contribution in [3.8, 4) is 0 Å². The number of aliphatic hydroxyl groups is 2. The summed E-state index contributed by atoms with van der Waals surface area (Å²) in [6.07, 6.45) is 0.399. The summed E-state index contributed by atoms with van der Waals surface area (Å²) in [7, 11) is 0. The maximum atomic E-state index is 12.2. The number of carbonyl (C=O) groups excluding carboxylic acids is 1. The highest BCUT2D eigenvalue weighted by Gasteiger charge is 2.46. The summed E-state index contributed by atoms with van der Waals surface area (Å²) in [5.41, 5.74) is -0.460. The van der Waals surface area contributed by atoms with Gasteiger partial charge >= 0.3 is 6.03 Å². The molecule has 0 saturated carbocycles. The molecule has 1 aliphatic rings. The number of anilines is 1. The summed E-state index contributed by atoms with van der Waals surface area (Å²) in [5.74, 6) is 0.646. The number of rotatable bonds is 5. The predicted molar refractivity (Wildman–Crippen MR) is 76.5 cm³/mol. The number of hydrogen-bond donors (Lipinski definition) is 2. The van der Waals surface area contributed by atoms with Crippen LogP contribution in [0.25, 0.3) is 0 Å². The molecule has 2 heterocycles. The molecule has 1 aliphatic heterocycles. The van der Waals surface area contributed by atoms with E-state index in [0.717, 1.165) is 9.80 Å². The minimum absolute atomic E-state index is 0.121. The smallest absolute Gasteiger partial charge is 0.330 e. The molecule has 0 bridgehead atoms. The molecule has 114 valence electrons. The number of hydrogen-bond acceptors (Lipinski definition) is 5. The predicted octanol–water partition coefficient (Wildman–Crippen LogP) is 1.20. The van der Waals surface area contributed by atoms with Gasteiger partial charge in [-0.15, -0.1) is 13.2 Å². The number of urea groups is 1. The molecule has 0 aromatic carbocycles. The monoisotopic (exact) mass is 293 g/mol. The number of nitrogens with zero attached hydrogens (tertiary/aromatic N) is 3. The Morgan fingerprint density at radius 3 is 2.67 bits per heavy atom. The third-order valence-electron chi connectivity index (χ3n) is 3.52. The molecular formula is C14H19N3O4. The van der Waals surface area contributed by atoms with Crippen molar-refractivity contribution in [3.05, 3.63) is 37.1 Å². The number of aromatic nitrogens is 1. The van der Waals surface area contributed by atoms with Crippen molar-refractivity contribution in [1.29, 1.82) is 0 Å². The van der Waals surface area contributed by atoms with Gasteiger partial charge in [-0.25, -0.2) is 9.69 Å². The van der Waals surface area contributed by atoms with E-state index < -0.39 is 23.9 Å². The quantitative estimate of drug-likeness (QED) is 0.796. The number of amides is 2. The zero-order valence-electron chi connectivity index (χ0n) is 12.1. The Morgan fingerprint density at radius 2 is 2.10 bits per heavy atom. The molecule has 2 atom stereocenters. The van der Waals surface area contributed by atoms with E-state index in [4.69, 9.17) is 4.52 Å². The lowest BCUT2D eigenvalue weighted by Gasteiger charge is -2.16. The first-order chi connectivity index (χ1) is 9.83. The molecule has 2 unspecified atom stereocenters. The fourth-order valence-corrected chi connectivity index (χ4v) is 2.00. The zero-order valence-corrected chi connectivity index (χ0v) is 12.1. The maximum absolute atomic E-state index is 12.2. The number of aliphatic hydroxyl groups excluding tert-OH is 2. The van der Waals surface area contributed by atoms with Crippen LogP contribution in [0, 0.1) is 0 Å². The lowest BCUT2D eigenvalue weighted by molar-refractivity contribution is -0.0236. The van der Waals surface area contributed by atoms with Gasteiger partial charge in [0.1, 0.15) is 5.76 Å². The van der Waals surface area contributed by atoms with Crippen LogP contribution < -0.4 is 4.90 Å². The average molecular weight is 293 g/mol. The van der Waals surface area contributed by atoms with Crippen LogP contribution >= 0.6 is 0 Å². The van der Waals surface area contributed by atoms with Gasteiger partial charge in [0.15, 0.2) is 18.3 Å². The molecule has 0 radical (unpaired) electrons. The summed E-state index contributed by atoms with van der Waals surface area (Å²) in [4.78, 5) is 14.3. The summed E-state index contributed by atoms with van der Waals surface area (Å²) < 4.78 is 5.21. The van der Waals surface area contributed by atoms with Crippen molar-refractivity contribution < 1.29 is 19.5 Å². The highest BCUT2D eigenvalue weighted by Crippen LogP contribution is 2.31. The molecule has 0 aliphatic carbocycles. The van der Waals surface area contributed by atoms with E-state index in [9.17, 15) is 15.0 Å². The van der Waals surface area contributed by atoms with Crippen molar-refractivity contribution >= 4 is 11.8 Å². The van der Waals surface area contributed by atoms with Gasteiger partial charge in [-0.1, -0.05) is 17.3 Å². The van der Waals surface area contributed by atoms with E-state index in [1.54, 1.807) is 12.1 Å². The Balaban J connectivity index is 2.32. The van der Waals surface area contributed by atoms with Crippen LogP contribution in [0.4, 0.5) is 10.6 Å². The Hall–Kier alpha value is -2.12. The third-order valence-corrected chi connectivity index (χ3v) is 3.52. The summed E-state index contributed by atoms with van der Waals surface area (Å²) in [6, 6.07) is 0.985. The van der Waals surface area contributed by atoms with E-state index in [0.29, 0.717) is 5.76 Å². The minimum Gasteiger partial charge on any atom is -0.369 e. The number of carbonyl (C=O) groups is 1. The maximum Gasteiger partial charge on any atom is 0.330 e. The lowest BCUT2D eigenvalue weighted by atomic mass is 9.91. The fraction of sp³-hybridized carbons (Fsp3) is 0.429. The zero-order chi connectivity index (χ0) is 15.8. The largest absolute Gasteiger partial charge is 0.369 e. The van der Waals surface area contributed by atoms with Gasteiger partial charge in [0.2, 0.25) is 0 Å². The van der Waals surface area contributed by atoms with Crippen LogP contribution in [0.5, 0.6) is 0 Å². The second-order valence-electron chi connectivity index (χ2n) is 5.40. The Kier molecular flexibility index (Phi) is 3.89. The SMILES string of the molecule is C=CCN1C(=O)N(c2cc(C(C)(C)C=C)on2)C(O)C1O. The molecule has 2 amide bonds. The first kappa shape index (κ1) is 15.3. The van der Waals surface area contributed by atoms with Gasteiger partial charge in [0.05, 0.1) is 0 Å². The second kappa shape index (κ2) is 5.34. The summed E-state index contributed by atoms with van der Waals surface area (Å²) >= 11 is 0. The fourth-order valence-electron chi connectivity index (χ4n) is 2.00. The van der Waals surface area contributed by atoms with Crippen LogP contribution in [-0.2, 0) is 5.41 Å². The molecule has 7 nitrogen and oxygen atoms in total. The van der Waals surface area contributed by atoms with E-state index in [-0.39, 0.29) is 12.4 Å². The first-order valence-electron chi connectivity index (χ1n) is 6.51. The van der Waals surface area contributed by atoms with E-state index in [2.05, 4.69) is 18.3 Å². The van der Waals surface area contributed by atoms with Crippen LogP contribution in [0.2, 0.25) is 0 Å². The molecule has 1 fully saturated rings. The van der Waals surface area contributed by atoms with Crippen LogP contribution in [0.3, 0.4) is 0 Å². The van der Waals surface area contributed by atoms with E-state index in [1.807, 2.05) is 13.8 Å². The Labute approximate surface area is 122 Å². The molecule has 1 saturated heterocycles. The van der Waals surface area contributed by atoms with Gasteiger partial charge in [-0.05, 0) is 13.8 Å². The van der Waals surface area contributed by atoms with Gasteiger partial charge in [-0.2, -0.15) is 0 Å². The van der Waals surface area contributed by atoms with Crippen LogP contribution in [-0.4, -0.2) is 45.3 Å². The Morgan fingerprint density at radius 1 is 1.43 bits per heavy atom. The molecule has 2 N–H and O–H groups in total. The molecule has 1 aromatic heterocycles. The van der Waals surface area contributed by atoms with Crippen molar-refractivity contribution in [3.63, 3.8) is 0 Å². The van der Waals surface area contributed by atoms with Gasteiger partial charge in [-0.3, -0.25) is 4.90 Å². The van der Waals surface area contributed by atoms with Gasteiger partial charge in [0.25, 0.3) is 0 Å². The van der Waals surface area contributed by atoms with Crippen LogP contribution in [0.15, 0.2) is 35.9 Å². The van der Waals surface area contributed by atoms with E-state index in [1.165, 1.54) is 6.08 Å². The van der Waals surface area contributed by atoms with Crippen molar-refractivity contribution in [2.75, 3.05) is 11.4 Å². The van der Waals surface area contributed by atoms with Crippen LogP contribution in [0.1, 0.15) is 19.6 Å². The van der Waals surface area contributed by atoms with Crippen molar-refractivity contribution in [1.82, 2.24) is 10.1 Å². The second-order valence-corrected chi connectivity index (χ2v) is 5.40.